The van der Waals surface area contributed by atoms with Crippen molar-refractivity contribution < 1.29 is 9.53 Å². The van der Waals surface area contributed by atoms with E-state index in [1.165, 1.54) is 6.33 Å². The fourth-order valence-electron chi connectivity index (χ4n) is 2.90. The van der Waals surface area contributed by atoms with Crippen molar-refractivity contribution in [1.29, 1.82) is 0 Å². The number of hydrogen-bond acceptors (Lipinski definition) is 5. The normalized spacial score (nSPS) is 10.4. The number of para-hydroxylation sites is 1. The highest BCUT2D eigenvalue weighted by Crippen LogP contribution is 2.24. The molecule has 1 heterocycles. The molecule has 29 heavy (non-hydrogen) atoms. The zero-order valence-corrected chi connectivity index (χ0v) is 16.8. The van der Waals surface area contributed by atoms with Gasteiger partial charge >= 0.3 is 0 Å². The van der Waals surface area contributed by atoms with Crippen LogP contribution in [0.3, 0.4) is 0 Å². The van der Waals surface area contributed by atoms with Crippen molar-refractivity contribution in [3.8, 4) is 5.75 Å². The van der Waals surface area contributed by atoms with E-state index in [1.807, 2.05) is 61.5 Å². The Morgan fingerprint density at radius 1 is 1.07 bits per heavy atom. The highest BCUT2D eigenvalue weighted by Gasteiger charge is 2.08. The third kappa shape index (κ3) is 6.31. The molecule has 0 aliphatic heterocycles. The van der Waals surface area contributed by atoms with Gasteiger partial charge in [0.2, 0.25) is 5.91 Å². The van der Waals surface area contributed by atoms with Crippen LogP contribution in [0, 0.1) is 6.92 Å². The molecule has 0 spiro atoms. The average molecular weight is 390 g/mol. The molecule has 150 valence electrons. The molecule has 0 radical (unpaired) electrons. The summed E-state index contributed by atoms with van der Waals surface area (Å²) in [7, 11) is 0. The zero-order chi connectivity index (χ0) is 20.5. The van der Waals surface area contributed by atoms with Crippen LogP contribution in [-0.4, -0.2) is 22.5 Å². The molecule has 6 heteroatoms. The van der Waals surface area contributed by atoms with E-state index in [9.17, 15) is 4.79 Å². The molecule has 0 saturated heterocycles. The van der Waals surface area contributed by atoms with Crippen LogP contribution in [0.5, 0.6) is 5.75 Å². The smallest absolute Gasteiger partial charge is 0.224 e. The molecule has 2 N–H and O–H groups in total. The maximum absolute atomic E-state index is 12.4. The average Bonchev–Trinajstić information content (AvgIpc) is 2.72. The summed E-state index contributed by atoms with van der Waals surface area (Å²) in [5, 5.41) is 6.29. The minimum absolute atomic E-state index is 0.0219. The van der Waals surface area contributed by atoms with E-state index < -0.39 is 0 Å². The van der Waals surface area contributed by atoms with Crippen molar-refractivity contribution in [3.63, 3.8) is 0 Å². The molecule has 3 rings (SSSR count). The van der Waals surface area contributed by atoms with Crippen LogP contribution in [0.25, 0.3) is 0 Å². The molecule has 0 atom stereocenters. The number of carbonyl (C=O) groups is 1. The molecule has 6 nitrogen and oxygen atoms in total. The number of aromatic nitrogens is 2. The minimum atomic E-state index is -0.0219. The van der Waals surface area contributed by atoms with Crippen molar-refractivity contribution in [2.24, 2.45) is 0 Å². The van der Waals surface area contributed by atoms with Crippen molar-refractivity contribution >= 4 is 23.1 Å². The van der Waals surface area contributed by atoms with Crippen molar-refractivity contribution in [2.75, 3.05) is 17.2 Å². The third-order valence-electron chi connectivity index (χ3n) is 4.40. The van der Waals surface area contributed by atoms with Gasteiger partial charge in [0.25, 0.3) is 0 Å². The summed E-state index contributed by atoms with van der Waals surface area (Å²) in [6.45, 7) is 4.49. The second-order valence-corrected chi connectivity index (χ2v) is 6.71. The number of rotatable bonds is 9. The number of nitrogens with zero attached hydrogens (tertiary/aromatic N) is 2. The predicted molar refractivity (Wildman–Crippen MR) is 116 cm³/mol. The molecule has 0 saturated carbocycles. The van der Waals surface area contributed by atoms with Crippen LogP contribution in [0.1, 0.15) is 31.0 Å². The van der Waals surface area contributed by atoms with Gasteiger partial charge in [0.15, 0.2) is 0 Å². The summed E-state index contributed by atoms with van der Waals surface area (Å²) < 4.78 is 5.64. The first-order valence-electron chi connectivity index (χ1n) is 9.80. The van der Waals surface area contributed by atoms with Crippen molar-refractivity contribution in [1.82, 2.24) is 9.97 Å². The van der Waals surface area contributed by atoms with E-state index in [0.29, 0.717) is 19.4 Å². The third-order valence-corrected chi connectivity index (χ3v) is 4.40. The van der Waals surface area contributed by atoms with Gasteiger partial charge in [-0.2, -0.15) is 0 Å². The van der Waals surface area contributed by atoms with Crippen LogP contribution in [0.2, 0.25) is 0 Å². The SMILES string of the molecule is CCc1ccc(Nc2cc(C)ncn2)cc1NC(=O)CCCOc1ccccc1. The Morgan fingerprint density at radius 3 is 2.66 bits per heavy atom. The van der Waals surface area contributed by atoms with E-state index in [4.69, 9.17) is 4.74 Å². The molecule has 0 aliphatic rings. The lowest BCUT2D eigenvalue weighted by atomic mass is 10.1. The van der Waals surface area contributed by atoms with Crippen LogP contribution < -0.4 is 15.4 Å². The zero-order valence-electron chi connectivity index (χ0n) is 16.8. The lowest BCUT2D eigenvalue weighted by molar-refractivity contribution is -0.116. The molecule has 3 aromatic rings. The monoisotopic (exact) mass is 390 g/mol. The van der Waals surface area contributed by atoms with Crippen LogP contribution in [0.15, 0.2) is 60.9 Å². The largest absolute Gasteiger partial charge is 0.494 e. The van der Waals surface area contributed by atoms with Gasteiger partial charge in [-0.05, 0) is 49.6 Å². The van der Waals surface area contributed by atoms with E-state index >= 15 is 0 Å². The number of ether oxygens (including phenoxy) is 1. The number of benzene rings is 2. The number of amides is 1. The standard InChI is InChI=1S/C23H26N4O2/c1-3-18-11-12-19(26-22-14-17(2)24-16-25-22)15-21(18)27-23(28)10-7-13-29-20-8-5-4-6-9-20/h4-6,8-9,11-12,14-16H,3,7,10,13H2,1-2H3,(H,27,28)(H,24,25,26). The van der Waals surface area contributed by atoms with Gasteiger partial charge in [-0.3, -0.25) is 4.79 Å². The highest BCUT2D eigenvalue weighted by atomic mass is 16.5. The summed E-state index contributed by atoms with van der Waals surface area (Å²) in [5.41, 5.74) is 3.66. The Balaban J connectivity index is 1.56. The van der Waals surface area contributed by atoms with E-state index in [-0.39, 0.29) is 5.91 Å². The molecular weight excluding hydrogens is 364 g/mol. The first-order valence-corrected chi connectivity index (χ1v) is 9.80. The van der Waals surface area contributed by atoms with Gasteiger partial charge in [0.05, 0.1) is 6.61 Å². The van der Waals surface area contributed by atoms with Gasteiger partial charge < -0.3 is 15.4 Å². The minimum Gasteiger partial charge on any atom is -0.494 e. The summed E-state index contributed by atoms with van der Waals surface area (Å²) in [4.78, 5) is 20.7. The van der Waals surface area contributed by atoms with E-state index in [1.54, 1.807) is 0 Å². The Kier molecular flexibility index (Phi) is 7.16. The molecule has 2 aromatic carbocycles. The van der Waals surface area contributed by atoms with Gasteiger partial charge in [0.1, 0.15) is 17.9 Å². The molecule has 0 aliphatic carbocycles. The first kappa shape index (κ1) is 20.3. The lowest BCUT2D eigenvalue weighted by Crippen LogP contribution is -2.14. The summed E-state index contributed by atoms with van der Waals surface area (Å²) >= 11 is 0. The van der Waals surface area contributed by atoms with Crippen LogP contribution in [-0.2, 0) is 11.2 Å². The topological polar surface area (TPSA) is 76.1 Å². The molecule has 0 bridgehead atoms. The van der Waals surface area contributed by atoms with Gasteiger partial charge in [-0.25, -0.2) is 9.97 Å². The molecule has 1 amide bonds. The van der Waals surface area contributed by atoms with Crippen molar-refractivity contribution in [2.45, 2.75) is 33.1 Å². The Hall–Kier alpha value is -3.41. The fourth-order valence-corrected chi connectivity index (χ4v) is 2.90. The van der Waals surface area contributed by atoms with E-state index in [0.717, 1.165) is 40.6 Å². The quantitative estimate of drug-likeness (QED) is 0.509. The second-order valence-electron chi connectivity index (χ2n) is 6.71. The first-order chi connectivity index (χ1) is 14.1. The summed E-state index contributed by atoms with van der Waals surface area (Å²) in [5.74, 6) is 1.52. The molecule has 0 fully saturated rings. The number of anilines is 3. The lowest BCUT2D eigenvalue weighted by Gasteiger charge is -2.13. The van der Waals surface area contributed by atoms with Crippen LogP contribution >= 0.6 is 0 Å². The van der Waals surface area contributed by atoms with Crippen LogP contribution in [0.4, 0.5) is 17.2 Å². The van der Waals surface area contributed by atoms with Gasteiger partial charge in [-0.1, -0.05) is 31.2 Å². The predicted octanol–water partition coefficient (Wildman–Crippen LogP) is 4.89. The molecule has 0 unspecified atom stereocenters. The summed E-state index contributed by atoms with van der Waals surface area (Å²) in [6.07, 6.45) is 3.41. The molecular formula is C23H26N4O2. The maximum atomic E-state index is 12.4. The Morgan fingerprint density at radius 2 is 1.90 bits per heavy atom. The number of hydrogen-bond donors (Lipinski definition) is 2. The van der Waals surface area contributed by atoms with E-state index in [2.05, 4.69) is 27.5 Å². The maximum Gasteiger partial charge on any atom is 0.224 e. The number of carbonyl (C=O) groups excluding carboxylic acids is 1. The Labute approximate surface area is 171 Å². The van der Waals surface area contributed by atoms with Crippen molar-refractivity contribution in [3.05, 3.63) is 72.2 Å². The fraction of sp³-hybridized carbons (Fsp3) is 0.261. The summed E-state index contributed by atoms with van der Waals surface area (Å²) in [6, 6.07) is 17.4. The Bertz CT molecular complexity index is 945. The number of aryl methyl sites for hydroxylation is 2. The molecule has 1 aromatic heterocycles. The van der Waals surface area contributed by atoms with Gasteiger partial charge in [-0.15, -0.1) is 0 Å². The van der Waals surface area contributed by atoms with Gasteiger partial charge in [0, 0.05) is 29.6 Å². The number of nitrogens with one attached hydrogen (secondary N) is 2. The second kappa shape index (κ2) is 10.2. The highest BCUT2D eigenvalue weighted by molar-refractivity contribution is 5.92.